The van der Waals surface area contributed by atoms with E-state index < -0.39 is 5.97 Å². The van der Waals surface area contributed by atoms with E-state index in [1.54, 1.807) is 25.3 Å². The van der Waals surface area contributed by atoms with Crippen LogP contribution in [0.4, 0.5) is 0 Å². The molecule has 0 fully saturated rings. The maximum Gasteiger partial charge on any atom is 0.328 e. The van der Waals surface area contributed by atoms with Crippen LogP contribution in [0.3, 0.4) is 0 Å². The van der Waals surface area contributed by atoms with Crippen molar-refractivity contribution in [1.82, 2.24) is 0 Å². The third kappa shape index (κ3) is 5.62. The number of ether oxygens (including phenoxy) is 3. The summed E-state index contributed by atoms with van der Waals surface area (Å²) in [5.74, 6) is 0.860. The standard InChI is InChI=1S/C18H17BrO5/c1-22-16-8-2-13(3-9-18(20)21)12-17(16)24-11-10-23-15-6-4-14(19)5-7-15/h2-9,12H,10-11H2,1H3,(H,20,21). The Balaban J connectivity index is 1.93. The number of aliphatic carboxylic acids is 1. The molecule has 0 atom stereocenters. The summed E-state index contributed by atoms with van der Waals surface area (Å²) in [5, 5.41) is 8.68. The van der Waals surface area contributed by atoms with Crippen LogP contribution in [0, 0.1) is 0 Å². The molecule has 0 radical (unpaired) electrons. The van der Waals surface area contributed by atoms with E-state index in [0.717, 1.165) is 16.3 Å². The van der Waals surface area contributed by atoms with E-state index in [2.05, 4.69) is 15.9 Å². The molecule has 0 bridgehead atoms. The lowest BCUT2D eigenvalue weighted by Gasteiger charge is -2.12. The van der Waals surface area contributed by atoms with E-state index in [-0.39, 0.29) is 0 Å². The molecule has 5 nitrogen and oxygen atoms in total. The van der Waals surface area contributed by atoms with Gasteiger partial charge in [0.15, 0.2) is 11.5 Å². The zero-order valence-corrected chi connectivity index (χ0v) is 14.7. The van der Waals surface area contributed by atoms with E-state index in [0.29, 0.717) is 30.3 Å². The summed E-state index contributed by atoms with van der Waals surface area (Å²) in [6, 6.07) is 12.7. The van der Waals surface area contributed by atoms with Crippen LogP contribution < -0.4 is 14.2 Å². The van der Waals surface area contributed by atoms with Crippen molar-refractivity contribution in [2.75, 3.05) is 20.3 Å². The highest BCUT2D eigenvalue weighted by atomic mass is 79.9. The van der Waals surface area contributed by atoms with Gasteiger partial charge in [0.2, 0.25) is 0 Å². The van der Waals surface area contributed by atoms with Gasteiger partial charge in [0.25, 0.3) is 0 Å². The number of hydrogen-bond donors (Lipinski definition) is 1. The predicted molar refractivity (Wildman–Crippen MR) is 94.8 cm³/mol. The minimum Gasteiger partial charge on any atom is -0.493 e. The molecule has 0 heterocycles. The van der Waals surface area contributed by atoms with Gasteiger partial charge >= 0.3 is 5.97 Å². The van der Waals surface area contributed by atoms with Crippen LogP contribution in [-0.4, -0.2) is 31.4 Å². The van der Waals surface area contributed by atoms with Crippen LogP contribution in [-0.2, 0) is 4.79 Å². The number of benzene rings is 2. The smallest absolute Gasteiger partial charge is 0.328 e. The molecule has 0 aliphatic rings. The van der Waals surface area contributed by atoms with Gasteiger partial charge in [0.1, 0.15) is 19.0 Å². The van der Waals surface area contributed by atoms with Gasteiger partial charge in [0, 0.05) is 10.5 Å². The van der Waals surface area contributed by atoms with Crippen LogP contribution in [0.15, 0.2) is 53.0 Å². The molecule has 24 heavy (non-hydrogen) atoms. The van der Waals surface area contributed by atoms with Crippen molar-refractivity contribution in [3.63, 3.8) is 0 Å². The quantitative estimate of drug-likeness (QED) is 0.542. The molecule has 126 valence electrons. The molecule has 0 unspecified atom stereocenters. The highest BCUT2D eigenvalue weighted by molar-refractivity contribution is 9.10. The number of hydrogen-bond acceptors (Lipinski definition) is 4. The Bertz CT molecular complexity index is 710. The Hall–Kier alpha value is -2.47. The summed E-state index contributed by atoms with van der Waals surface area (Å²) in [5.41, 5.74) is 0.710. The first-order chi connectivity index (χ1) is 11.6. The average molecular weight is 393 g/mol. The van der Waals surface area contributed by atoms with E-state index >= 15 is 0 Å². The normalized spacial score (nSPS) is 10.6. The molecule has 2 aromatic rings. The number of carbonyl (C=O) groups is 1. The summed E-state index contributed by atoms with van der Waals surface area (Å²) in [6.07, 6.45) is 2.56. The molecule has 1 N–H and O–H groups in total. The SMILES string of the molecule is COc1ccc(C=CC(=O)O)cc1OCCOc1ccc(Br)cc1. The van der Waals surface area contributed by atoms with E-state index in [4.69, 9.17) is 19.3 Å². The van der Waals surface area contributed by atoms with Crippen molar-refractivity contribution >= 4 is 28.0 Å². The lowest BCUT2D eigenvalue weighted by Crippen LogP contribution is -2.09. The Labute approximate surface area is 148 Å². The summed E-state index contributed by atoms with van der Waals surface area (Å²) in [7, 11) is 1.55. The molecule has 0 aliphatic heterocycles. The lowest BCUT2D eigenvalue weighted by molar-refractivity contribution is -0.131. The highest BCUT2D eigenvalue weighted by Crippen LogP contribution is 2.28. The Morgan fingerprint density at radius 3 is 2.46 bits per heavy atom. The largest absolute Gasteiger partial charge is 0.493 e. The number of methoxy groups -OCH3 is 1. The van der Waals surface area contributed by atoms with Crippen molar-refractivity contribution in [2.45, 2.75) is 0 Å². The third-order valence-electron chi connectivity index (χ3n) is 3.03. The van der Waals surface area contributed by atoms with Gasteiger partial charge in [-0.1, -0.05) is 22.0 Å². The molecule has 0 aliphatic carbocycles. The van der Waals surface area contributed by atoms with Crippen molar-refractivity contribution in [3.8, 4) is 17.2 Å². The molecular formula is C18H17BrO5. The third-order valence-corrected chi connectivity index (χ3v) is 3.56. The van der Waals surface area contributed by atoms with Gasteiger partial charge in [-0.05, 0) is 48.0 Å². The fraction of sp³-hybridized carbons (Fsp3) is 0.167. The predicted octanol–water partition coefficient (Wildman–Crippen LogP) is 4.01. The van der Waals surface area contributed by atoms with Gasteiger partial charge in [0.05, 0.1) is 7.11 Å². The number of carboxylic acid groups (broad SMARTS) is 1. The highest BCUT2D eigenvalue weighted by Gasteiger charge is 2.05. The van der Waals surface area contributed by atoms with Crippen LogP contribution in [0.25, 0.3) is 6.08 Å². The summed E-state index contributed by atoms with van der Waals surface area (Å²) < 4.78 is 17.5. The first kappa shape index (κ1) is 17.9. The fourth-order valence-electron chi connectivity index (χ4n) is 1.92. The van der Waals surface area contributed by atoms with Crippen molar-refractivity contribution in [3.05, 3.63) is 58.6 Å². The molecule has 2 aromatic carbocycles. The second kappa shape index (κ2) is 8.98. The first-order valence-corrected chi connectivity index (χ1v) is 7.98. The Morgan fingerprint density at radius 2 is 1.79 bits per heavy atom. The van der Waals surface area contributed by atoms with Crippen LogP contribution >= 0.6 is 15.9 Å². The molecule has 2 rings (SSSR count). The molecule has 0 spiro atoms. The summed E-state index contributed by atoms with van der Waals surface area (Å²) >= 11 is 3.37. The van der Waals surface area contributed by atoms with Crippen molar-refractivity contribution in [2.24, 2.45) is 0 Å². The fourth-order valence-corrected chi connectivity index (χ4v) is 2.18. The summed E-state index contributed by atoms with van der Waals surface area (Å²) in [4.78, 5) is 10.6. The van der Waals surface area contributed by atoms with Gasteiger partial charge in [-0.3, -0.25) is 0 Å². The number of rotatable bonds is 8. The van der Waals surface area contributed by atoms with E-state index in [1.165, 1.54) is 6.08 Å². The maximum absolute atomic E-state index is 10.6. The van der Waals surface area contributed by atoms with Gasteiger partial charge in [-0.25, -0.2) is 4.79 Å². The van der Waals surface area contributed by atoms with Gasteiger partial charge in [-0.2, -0.15) is 0 Å². The van der Waals surface area contributed by atoms with Crippen LogP contribution in [0.5, 0.6) is 17.2 Å². The minimum atomic E-state index is -1.00. The molecular weight excluding hydrogens is 376 g/mol. The Morgan fingerprint density at radius 1 is 1.08 bits per heavy atom. The van der Waals surface area contributed by atoms with Gasteiger partial charge in [-0.15, -0.1) is 0 Å². The van der Waals surface area contributed by atoms with Crippen LogP contribution in [0.2, 0.25) is 0 Å². The molecule has 0 aromatic heterocycles. The topological polar surface area (TPSA) is 65.0 Å². The van der Waals surface area contributed by atoms with Crippen LogP contribution in [0.1, 0.15) is 5.56 Å². The number of halogens is 1. The molecule has 0 amide bonds. The zero-order chi connectivity index (χ0) is 17.4. The lowest BCUT2D eigenvalue weighted by atomic mass is 10.2. The first-order valence-electron chi connectivity index (χ1n) is 7.18. The number of carboxylic acids is 1. The molecule has 0 saturated heterocycles. The molecule has 6 heteroatoms. The van der Waals surface area contributed by atoms with E-state index in [9.17, 15) is 4.79 Å². The summed E-state index contributed by atoms with van der Waals surface area (Å²) in [6.45, 7) is 0.707. The zero-order valence-electron chi connectivity index (χ0n) is 13.1. The average Bonchev–Trinajstić information content (AvgIpc) is 2.58. The van der Waals surface area contributed by atoms with Gasteiger partial charge < -0.3 is 19.3 Å². The Kier molecular flexibility index (Phi) is 6.69. The molecule has 0 saturated carbocycles. The second-order valence-electron chi connectivity index (χ2n) is 4.73. The van der Waals surface area contributed by atoms with E-state index in [1.807, 2.05) is 24.3 Å². The second-order valence-corrected chi connectivity index (χ2v) is 5.65. The van der Waals surface area contributed by atoms with Crippen molar-refractivity contribution < 1.29 is 24.1 Å². The maximum atomic E-state index is 10.6. The monoisotopic (exact) mass is 392 g/mol. The van der Waals surface area contributed by atoms with Crippen molar-refractivity contribution in [1.29, 1.82) is 0 Å². The minimum absolute atomic E-state index is 0.332.